The summed E-state index contributed by atoms with van der Waals surface area (Å²) in [5.74, 6) is -1.000. The minimum Gasteiger partial charge on any atom is -0.480 e. The number of alkyl carbamates (subject to hydrolysis) is 1. The number of rotatable bonds is 9. The molecule has 1 aromatic carbocycles. The molecule has 0 radical (unpaired) electrons. The molecule has 0 aliphatic rings. The fourth-order valence-electron chi connectivity index (χ4n) is 1.81. The van der Waals surface area contributed by atoms with Gasteiger partial charge in [0.05, 0.1) is 13.2 Å². The van der Waals surface area contributed by atoms with E-state index in [-0.39, 0.29) is 13.2 Å². The molecule has 0 saturated heterocycles. The predicted octanol–water partition coefficient (Wildman–Crippen LogP) is 1.77. The molecule has 0 heterocycles. The second-order valence-electron chi connectivity index (χ2n) is 6.27. The van der Waals surface area contributed by atoms with Gasteiger partial charge in [-0.1, -0.05) is 30.3 Å². The molecule has 0 unspecified atom stereocenters. The average molecular weight is 338 g/mol. The lowest BCUT2D eigenvalue weighted by molar-refractivity contribution is -0.141. The zero-order chi connectivity index (χ0) is 18.0. The van der Waals surface area contributed by atoms with Crippen LogP contribution >= 0.6 is 0 Å². The SMILES string of the molecule is CC(C)(C)OC(=O)NCCN[C@@H](COCc1ccccc1)C(=O)O. The molecule has 1 rings (SSSR count). The van der Waals surface area contributed by atoms with Crippen molar-refractivity contribution in [1.29, 1.82) is 0 Å². The summed E-state index contributed by atoms with van der Waals surface area (Å²) in [6.45, 7) is 6.27. The number of carbonyl (C=O) groups is 2. The first kappa shape index (κ1) is 19.9. The van der Waals surface area contributed by atoms with E-state index in [9.17, 15) is 14.7 Å². The number of amides is 1. The summed E-state index contributed by atoms with van der Waals surface area (Å²) in [6.07, 6.45) is -0.531. The van der Waals surface area contributed by atoms with Crippen molar-refractivity contribution in [2.24, 2.45) is 0 Å². The number of hydrogen-bond donors (Lipinski definition) is 3. The quantitative estimate of drug-likeness (QED) is 0.594. The van der Waals surface area contributed by atoms with E-state index in [1.54, 1.807) is 20.8 Å². The summed E-state index contributed by atoms with van der Waals surface area (Å²) in [7, 11) is 0. The highest BCUT2D eigenvalue weighted by atomic mass is 16.6. The molecule has 0 saturated carbocycles. The van der Waals surface area contributed by atoms with Crippen molar-refractivity contribution in [3.63, 3.8) is 0 Å². The molecule has 0 bridgehead atoms. The molecule has 0 aliphatic heterocycles. The topological polar surface area (TPSA) is 96.9 Å². The number of hydrogen-bond acceptors (Lipinski definition) is 5. The van der Waals surface area contributed by atoms with Crippen LogP contribution < -0.4 is 10.6 Å². The van der Waals surface area contributed by atoms with Gasteiger partial charge in [-0.15, -0.1) is 0 Å². The molecule has 0 aromatic heterocycles. The van der Waals surface area contributed by atoms with E-state index in [2.05, 4.69) is 10.6 Å². The highest BCUT2D eigenvalue weighted by molar-refractivity contribution is 5.73. The second-order valence-corrected chi connectivity index (χ2v) is 6.27. The molecule has 24 heavy (non-hydrogen) atoms. The standard InChI is InChI=1S/C17H26N2O5/c1-17(2,3)24-16(22)19-10-9-18-14(15(20)21)12-23-11-13-7-5-4-6-8-13/h4-8,14,18H,9-12H2,1-3H3,(H,19,22)(H,20,21)/t14-/m0/s1. The Morgan fingerprint density at radius 2 is 1.83 bits per heavy atom. The monoisotopic (exact) mass is 338 g/mol. The Bertz CT molecular complexity index is 513. The number of ether oxygens (including phenoxy) is 2. The number of carboxylic acids is 1. The van der Waals surface area contributed by atoms with Crippen molar-refractivity contribution in [1.82, 2.24) is 10.6 Å². The number of nitrogens with one attached hydrogen (secondary N) is 2. The molecule has 1 amide bonds. The van der Waals surface area contributed by atoms with Crippen molar-refractivity contribution in [2.75, 3.05) is 19.7 Å². The summed E-state index contributed by atoms with van der Waals surface area (Å²) >= 11 is 0. The molecular formula is C17H26N2O5. The van der Waals surface area contributed by atoms with Crippen LogP contribution in [-0.2, 0) is 20.9 Å². The Labute approximate surface area is 142 Å². The first-order chi connectivity index (χ1) is 11.3. The van der Waals surface area contributed by atoms with Gasteiger partial charge in [-0.3, -0.25) is 4.79 Å². The maximum atomic E-state index is 11.5. The Morgan fingerprint density at radius 1 is 1.17 bits per heavy atom. The number of carbonyl (C=O) groups excluding carboxylic acids is 1. The van der Waals surface area contributed by atoms with Crippen LogP contribution in [0.3, 0.4) is 0 Å². The third kappa shape index (κ3) is 9.12. The lowest BCUT2D eigenvalue weighted by Crippen LogP contribution is -2.44. The van der Waals surface area contributed by atoms with E-state index in [4.69, 9.17) is 9.47 Å². The molecule has 0 aliphatic carbocycles. The summed E-state index contributed by atoms with van der Waals surface area (Å²) < 4.78 is 10.5. The first-order valence-electron chi connectivity index (χ1n) is 7.82. The summed E-state index contributed by atoms with van der Waals surface area (Å²) in [4.78, 5) is 22.7. The molecule has 134 valence electrons. The van der Waals surface area contributed by atoms with Crippen LogP contribution in [0.5, 0.6) is 0 Å². The van der Waals surface area contributed by atoms with E-state index >= 15 is 0 Å². The van der Waals surface area contributed by atoms with Crippen molar-refractivity contribution >= 4 is 12.1 Å². The minimum atomic E-state index is -1.000. The molecule has 7 heteroatoms. The van der Waals surface area contributed by atoms with Gasteiger partial charge in [-0.05, 0) is 26.3 Å². The number of aliphatic carboxylic acids is 1. The maximum Gasteiger partial charge on any atom is 0.407 e. The van der Waals surface area contributed by atoms with E-state index in [1.807, 2.05) is 30.3 Å². The molecule has 1 atom stereocenters. The van der Waals surface area contributed by atoms with E-state index in [1.165, 1.54) is 0 Å². The zero-order valence-electron chi connectivity index (χ0n) is 14.4. The van der Waals surface area contributed by atoms with Crippen molar-refractivity contribution in [2.45, 2.75) is 39.0 Å². The molecule has 3 N–H and O–H groups in total. The highest BCUT2D eigenvalue weighted by Gasteiger charge is 2.18. The van der Waals surface area contributed by atoms with Crippen LogP contribution in [0.25, 0.3) is 0 Å². The smallest absolute Gasteiger partial charge is 0.407 e. The van der Waals surface area contributed by atoms with Gasteiger partial charge in [0.1, 0.15) is 11.6 Å². The van der Waals surface area contributed by atoms with Gasteiger partial charge in [0, 0.05) is 13.1 Å². The number of benzene rings is 1. The van der Waals surface area contributed by atoms with E-state index in [0.717, 1.165) is 5.56 Å². The largest absolute Gasteiger partial charge is 0.480 e. The van der Waals surface area contributed by atoms with Crippen LogP contribution in [0.1, 0.15) is 26.3 Å². The van der Waals surface area contributed by atoms with Crippen LogP contribution in [0.2, 0.25) is 0 Å². The molecule has 7 nitrogen and oxygen atoms in total. The van der Waals surface area contributed by atoms with Gasteiger partial charge >= 0.3 is 12.1 Å². The van der Waals surface area contributed by atoms with Crippen molar-refractivity contribution < 1.29 is 24.2 Å². The number of carboxylic acid groups (broad SMARTS) is 1. The van der Waals surface area contributed by atoms with Crippen LogP contribution in [0, 0.1) is 0 Å². The fourth-order valence-corrected chi connectivity index (χ4v) is 1.81. The van der Waals surface area contributed by atoms with Gasteiger partial charge in [-0.25, -0.2) is 4.79 Å². The first-order valence-corrected chi connectivity index (χ1v) is 7.82. The summed E-state index contributed by atoms with van der Waals surface area (Å²) in [5.41, 5.74) is 0.417. The molecule has 0 fully saturated rings. The van der Waals surface area contributed by atoms with Crippen molar-refractivity contribution in [3.8, 4) is 0 Å². The van der Waals surface area contributed by atoms with Crippen LogP contribution in [0.15, 0.2) is 30.3 Å². The summed E-state index contributed by atoms with van der Waals surface area (Å²) in [5, 5.41) is 14.6. The van der Waals surface area contributed by atoms with Crippen LogP contribution in [-0.4, -0.2) is 48.5 Å². The normalized spacial score (nSPS) is 12.5. The Kier molecular flexibility index (Phi) is 8.21. The Morgan fingerprint density at radius 3 is 2.42 bits per heavy atom. The highest BCUT2D eigenvalue weighted by Crippen LogP contribution is 2.06. The third-order valence-corrected chi connectivity index (χ3v) is 2.88. The predicted molar refractivity (Wildman–Crippen MR) is 89.8 cm³/mol. The lowest BCUT2D eigenvalue weighted by Gasteiger charge is -2.20. The van der Waals surface area contributed by atoms with E-state index < -0.39 is 23.7 Å². The lowest BCUT2D eigenvalue weighted by atomic mass is 10.2. The van der Waals surface area contributed by atoms with Gasteiger partial charge in [-0.2, -0.15) is 0 Å². The second kappa shape index (κ2) is 9.89. The summed E-state index contributed by atoms with van der Waals surface area (Å²) in [6, 6.07) is 8.68. The van der Waals surface area contributed by atoms with Crippen LogP contribution in [0.4, 0.5) is 4.79 Å². The van der Waals surface area contributed by atoms with Gasteiger partial charge < -0.3 is 25.2 Å². The van der Waals surface area contributed by atoms with E-state index in [0.29, 0.717) is 13.2 Å². The Balaban J connectivity index is 2.24. The fraction of sp³-hybridized carbons (Fsp3) is 0.529. The zero-order valence-corrected chi connectivity index (χ0v) is 14.4. The minimum absolute atomic E-state index is 0.0384. The molecule has 0 spiro atoms. The third-order valence-electron chi connectivity index (χ3n) is 2.88. The maximum absolute atomic E-state index is 11.5. The van der Waals surface area contributed by atoms with Crippen molar-refractivity contribution in [3.05, 3.63) is 35.9 Å². The molecule has 1 aromatic rings. The average Bonchev–Trinajstić information content (AvgIpc) is 2.48. The van der Waals surface area contributed by atoms with Gasteiger partial charge in [0.25, 0.3) is 0 Å². The van der Waals surface area contributed by atoms with Gasteiger partial charge in [0.15, 0.2) is 0 Å². The Hall–Kier alpha value is -2.12. The molecular weight excluding hydrogens is 312 g/mol. The van der Waals surface area contributed by atoms with Gasteiger partial charge in [0.2, 0.25) is 0 Å².